The van der Waals surface area contributed by atoms with Crippen LogP contribution in [0.15, 0.2) is 36.8 Å². The van der Waals surface area contributed by atoms with E-state index in [1.807, 2.05) is 12.3 Å². The van der Waals surface area contributed by atoms with Crippen molar-refractivity contribution in [3.63, 3.8) is 0 Å². The maximum Gasteiger partial charge on any atom is 0.216 e. The van der Waals surface area contributed by atoms with Gasteiger partial charge < -0.3 is 9.72 Å². The molecule has 3 aromatic heterocycles. The molecule has 5 heteroatoms. The summed E-state index contributed by atoms with van der Waals surface area (Å²) in [5, 5.41) is 0.933. The van der Waals surface area contributed by atoms with Gasteiger partial charge in [0.2, 0.25) is 5.95 Å². The normalized spacial score (nSPS) is 10.8. The summed E-state index contributed by atoms with van der Waals surface area (Å²) in [6.07, 6.45) is 5.39. The van der Waals surface area contributed by atoms with Gasteiger partial charge in [-0.25, -0.2) is 9.97 Å². The van der Waals surface area contributed by atoms with Gasteiger partial charge in [0, 0.05) is 29.8 Å². The van der Waals surface area contributed by atoms with Gasteiger partial charge in [-0.1, -0.05) is 6.07 Å². The highest BCUT2D eigenvalue weighted by atomic mass is 19.1. The zero-order valence-corrected chi connectivity index (χ0v) is 10.4. The molecule has 0 spiro atoms. The van der Waals surface area contributed by atoms with Gasteiger partial charge in [-0.15, -0.1) is 0 Å². The van der Waals surface area contributed by atoms with Gasteiger partial charge >= 0.3 is 0 Å². The topological polar surface area (TPSA) is 50.8 Å². The van der Waals surface area contributed by atoms with Crippen LogP contribution in [0.4, 0.5) is 4.39 Å². The van der Waals surface area contributed by atoms with E-state index in [1.165, 1.54) is 6.20 Å². The molecule has 0 fully saturated rings. The van der Waals surface area contributed by atoms with Crippen molar-refractivity contribution in [3.05, 3.63) is 53.9 Å². The van der Waals surface area contributed by atoms with Crippen LogP contribution in [0.25, 0.3) is 11.0 Å². The molecule has 3 rings (SSSR count). The van der Waals surface area contributed by atoms with Crippen LogP contribution in [0.5, 0.6) is 5.75 Å². The second kappa shape index (κ2) is 4.68. The number of nitrogens with one attached hydrogen (secondary N) is 1. The van der Waals surface area contributed by atoms with E-state index in [4.69, 9.17) is 4.74 Å². The number of hydrogen-bond donors (Lipinski definition) is 1. The Morgan fingerprint density at radius 2 is 2.21 bits per heavy atom. The molecule has 96 valence electrons. The highest BCUT2D eigenvalue weighted by Gasteiger charge is 2.09. The number of methoxy groups -OCH3 is 1. The standard InChI is InChI=1S/C14H12FN3O/c1-19-11-6-12-10(7-17-14(12)18-8-11)5-9-3-2-4-16-13(9)15/h2-4,6-8H,5H2,1H3,(H,17,18). The molecule has 0 unspecified atom stereocenters. The fourth-order valence-electron chi connectivity index (χ4n) is 2.05. The minimum absolute atomic E-state index is 0.437. The number of aromatic amines is 1. The second-order valence-electron chi connectivity index (χ2n) is 4.22. The third-order valence-electron chi connectivity index (χ3n) is 3.04. The van der Waals surface area contributed by atoms with Crippen molar-refractivity contribution in [3.8, 4) is 5.75 Å². The summed E-state index contributed by atoms with van der Waals surface area (Å²) in [7, 11) is 1.59. The summed E-state index contributed by atoms with van der Waals surface area (Å²) < 4.78 is 18.7. The molecule has 0 amide bonds. The smallest absolute Gasteiger partial charge is 0.216 e. The Bertz CT molecular complexity index is 724. The number of hydrogen-bond acceptors (Lipinski definition) is 3. The van der Waals surface area contributed by atoms with Crippen molar-refractivity contribution < 1.29 is 9.13 Å². The second-order valence-corrected chi connectivity index (χ2v) is 4.22. The van der Waals surface area contributed by atoms with Crippen LogP contribution in [0.1, 0.15) is 11.1 Å². The molecule has 4 nitrogen and oxygen atoms in total. The summed E-state index contributed by atoms with van der Waals surface area (Å²) in [6, 6.07) is 5.35. The molecule has 0 aliphatic heterocycles. The molecule has 0 radical (unpaired) electrons. The Balaban J connectivity index is 2.03. The number of ether oxygens (including phenoxy) is 1. The Kier molecular flexibility index (Phi) is 2.87. The van der Waals surface area contributed by atoms with Gasteiger partial charge in [0.1, 0.15) is 11.4 Å². The van der Waals surface area contributed by atoms with Gasteiger partial charge in [-0.3, -0.25) is 0 Å². The average Bonchev–Trinajstić information content (AvgIpc) is 2.84. The molecular weight excluding hydrogens is 245 g/mol. The minimum Gasteiger partial charge on any atom is -0.495 e. The fourth-order valence-corrected chi connectivity index (χ4v) is 2.05. The van der Waals surface area contributed by atoms with E-state index in [2.05, 4.69) is 15.0 Å². The Hall–Kier alpha value is -2.43. The van der Waals surface area contributed by atoms with Crippen LogP contribution in [-0.2, 0) is 6.42 Å². The quantitative estimate of drug-likeness (QED) is 0.734. The fraction of sp³-hybridized carbons (Fsp3) is 0.143. The number of aromatic nitrogens is 3. The lowest BCUT2D eigenvalue weighted by atomic mass is 10.1. The number of fused-ring (bicyclic) bond motifs is 1. The van der Waals surface area contributed by atoms with Crippen LogP contribution in [0, 0.1) is 5.95 Å². The third-order valence-corrected chi connectivity index (χ3v) is 3.04. The molecule has 0 saturated carbocycles. The predicted octanol–water partition coefficient (Wildman–Crippen LogP) is 2.70. The van der Waals surface area contributed by atoms with E-state index in [9.17, 15) is 4.39 Å². The van der Waals surface area contributed by atoms with Crippen molar-refractivity contribution in [2.24, 2.45) is 0 Å². The van der Waals surface area contributed by atoms with E-state index in [-0.39, 0.29) is 0 Å². The van der Waals surface area contributed by atoms with Crippen molar-refractivity contribution in [1.82, 2.24) is 15.0 Å². The molecular formula is C14H12FN3O. The molecule has 0 saturated heterocycles. The van der Waals surface area contributed by atoms with Crippen LogP contribution >= 0.6 is 0 Å². The van der Waals surface area contributed by atoms with E-state index in [0.29, 0.717) is 17.7 Å². The van der Waals surface area contributed by atoms with E-state index in [0.717, 1.165) is 16.6 Å². The Morgan fingerprint density at radius 1 is 1.32 bits per heavy atom. The SMILES string of the molecule is COc1cnc2[nH]cc(Cc3cccnc3F)c2c1. The van der Waals surface area contributed by atoms with Crippen LogP contribution in [0.3, 0.4) is 0 Å². The number of rotatable bonds is 3. The third kappa shape index (κ3) is 2.14. The Labute approximate surface area is 109 Å². The van der Waals surface area contributed by atoms with E-state index < -0.39 is 5.95 Å². The van der Waals surface area contributed by atoms with Gasteiger partial charge in [-0.2, -0.15) is 4.39 Å². The monoisotopic (exact) mass is 257 g/mol. The first-order chi connectivity index (χ1) is 9.28. The van der Waals surface area contributed by atoms with Crippen LogP contribution in [0.2, 0.25) is 0 Å². The maximum atomic E-state index is 13.6. The zero-order valence-electron chi connectivity index (χ0n) is 10.4. The molecule has 3 heterocycles. The molecule has 0 aliphatic carbocycles. The molecule has 1 N–H and O–H groups in total. The number of pyridine rings is 2. The first-order valence-electron chi connectivity index (χ1n) is 5.87. The minimum atomic E-state index is -0.437. The summed E-state index contributed by atoms with van der Waals surface area (Å²) in [5.41, 5.74) is 2.29. The first-order valence-corrected chi connectivity index (χ1v) is 5.87. The highest BCUT2D eigenvalue weighted by Crippen LogP contribution is 2.23. The molecule has 19 heavy (non-hydrogen) atoms. The van der Waals surface area contributed by atoms with Crippen molar-refractivity contribution >= 4 is 11.0 Å². The summed E-state index contributed by atoms with van der Waals surface area (Å²) in [5.74, 6) is 0.243. The number of nitrogens with zero attached hydrogens (tertiary/aromatic N) is 2. The van der Waals surface area contributed by atoms with Gasteiger partial charge in [0.25, 0.3) is 0 Å². The lowest BCUT2D eigenvalue weighted by Gasteiger charge is -2.02. The first kappa shape index (κ1) is 11.6. The van der Waals surface area contributed by atoms with Crippen LogP contribution < -0.4 is 4.74 Å². The predicted molar refractivity (Wildman–Crippen MR) is 69.6 cm³/mol. The summed E-state index contributed by atoms with van der Waals surface area (Å²) in [4.78, 5) is 11.0. The average molecular weight is 257 g/mol. The van der Waals surface area contributed by atoms with Crippen LogP contribution in [-0.4, -0.2) is 22.1 Å². The zero-order chi connectivity index (χ0) is 13.2. The molecule has 0 atom stereocenters. The van der Waals surface area contributed by atoms with Gasteiger partial charge in [-0.05, 0) is 17.7 Å². The van der Waals surface area contributed by atoms with Crippen molar-refractivity contribution in [1.29, 1.82) is 0 Å². The summed E-state index contributed by atoms with van der Waals surface area (Å²) in [6.45, 7) is 0. The molecule has 3 aromatic rings. The van der Waals surface area contributed by atoms with Gasteiger partial charge in [0.15, 0.2) is 0 Å². The molecule has 0 aromatic carbocycles. The molecule has 0 aliphatic rings. The molecule has 0 bridgehead atoms. The van der Waals surface area contributed by atoms with Crippen molar-refractivity contribution in [2.75, 3.05) is 7.11 Å². The number of halogens is 1. The number of H-pyrrole nitrogens is 1. The lowest BCUT2D eigenvalue weighted by Crippen LogP contribution is -1.94. The lowest BCUT2D eigenvalue weighted by molar-refractivity contribution is 0.413. The van der Waals surface area contributed by atoms with Gasteiger partial charge in [0.05, 0.1) is 13.3 Å². The van der Waals surface area contributed by atoms with E-state index >= 15 is 0 Å². The maximum absolute atomic E-state index is 13.6. The Morgan fingerprint density at radius 3 is 3.00 bits per heavy atom. The van der Waals surface area contributed by atoms with Crippen molar-refractivity contribution in [2.45, 2.75) is 6.42 Å². The largest absolute Gasteiger partial charge is 0.495 e. The highest BCUT2D eigenvalue weighted by molar-refractivity contribution is 5.81. The summed E-state index contributed by atoms with van der Waals surface area (Å²) >= 11 is 0. The van der Waals surface area contributed by atoms with E-state index in [1.54, 1.807) is 25.4 Å².